The van der Waals surface area contributed by atoms with Gasteiger partial charge in [0.15, 0.2) is 0 Å². The molecule has 25 heavy (non-hydrogen) atoms. The maximum Gasteiger partial charge on any atom is 0.126 e. The number of para-hydroxylation sites is 1. The minimum Gasteiger partial charge on any atom is -0.496 e. The van der Waals surface area contributed by atoms with Crippen molar-refractivity contribution >= 4 is 0 Å². The summed E-state index contributed by atoms with van der Waals surface area (Å²) in [6.45, 7) is 4.62. The fourth-order valence-corrected chi connectivity index (χ4v) is 4.52. The summed E-state index contributed by atoms with van der Waals surface area (Å²) in [5, 5.41) is 0. The number of rotatable bonds is 4. The van der Waals surface area contributed by atoms with Crippen LogP contribution in [0.25, 0.3) is 22.3 Å². The third-order valence-corrected chi connectivity index (χ3v) is 5.89. The summed E-state index contributed by atoms with van der Waals surface area (Å²) >= 11 is 0. The van der Waals surface area contributed by atoms with Crippen LogP contribution in [0.3, 0.4) is 0 Å². The first-order valence-electron chi connectivity index (χ1n) is 9.13. The van der Waals surface area contributed by atoms with Crippen LogP contribution in [-0.4, -0.2) is 7.11 Å². The van der Waals surface area contributed by atoms with Crippen LogP contribution in [0, 0.1) is 0 Å². The number of hydrogen-bond acceptors (Lipinski definition) is 1. The smallest absolute Gasteiger partial charge is 0.126 e. The molecule has 0 saturated carbocycles. The molecular weight excluding hydrogens is 304 g/mol. The van der Waals surface area contributed by atoms with Gasteiger partial charge in [0.25, 0.3) is 0 Å². The monoisotopic (exact) mass is 328 g/mol. The molecule has 4 rings (SSSR count). The van der Waals surface area contributed by atoms with Crippen molar-refractivity contribution in [2.75, 3.05) is 7.11 Å². The van der Waals surface area contributed by atoms with Gasteiger partial charge < -0.3 is 4.74 Å². The lowest BCUT2D eigenvalue weighted by Gasteiger charge is -2.30. The number of fused-ring (bicyclic) bond motifs is 3. The van der Waals surface area contributed by atoms with Gasteiger partial charge in [-0.1, -0.05) is 68.4 Å². The highest BCUT2D eigenvalue weighted by atomic mass is 16.5. The van der Waals surface area contributed by atoms with E-state index in [1.807, 2.05) is 12.1 Å². The van der Waals surface area contributed by atoms with E-state index in [1.165, 1.54) is 27.8 Å². The fraction of sp³-hybridized carbons (Fsp3) is 0.250. The van der Waals surface area contributed by atoms with Crippen LogP contribution >= 0.6 is 0 Å². The summed E-state index contributed by atoms with van der Waals surface area (Å²) in [6.07, 6.45) is 2.23. The maximum atomic E-state index is 5.59. The number of hydrogen-bond donors (Lipinski definition) is 0. The largest absolute Gasteiger partial charge is 0.496 e. The number of ether oxygens (including phenoxy) is 1. The molecule has 0 saturated heterocycles. The van der Waals surface area contributed by atoms with E-state index in [1.54, 1.807) is 7.11 Å². The Morgan fingerprint density at radius 1 is 0.720 bits per heavy atom. The van der Waals surface area contributed by atoms with E-state index in [0.717, 1.165) is 24.2 Å². The molecule has 1 nitrogen and oxygen atoms in total. The molecule has 0 bridgehead atoms. The van der Waals surface area contributed by atoms with Crippen LogP contribution in [-0.2, 0) is 5.41 Å². The Morgan fingerprint density at radius 2 is 1.36 bits per heavy atom. The van der Waals surface area contributed by atoms with Crippen LogP contribution < -0.4 is 4.74 Å². The highest BCUT2D eigenvalue weighted by Crippen LogP contribution is 2.53. The molecule has 0 N–H and O–H groups in total. The maximum absolute atomic E-state index is 5.59. The van der Waals surface area contributed by atoms with Crippen molar-refractivity contribution in [2.24, 2.45) is 0 Å². The van der Waals surface area contributed by atoms with Gasteiger partial charge in [-0.05, 0) is 52.8 Å². The van der Waals surface area contributed by atoms with Gasteiger partial charge in [-0.3, -0.25) is 0 Å². The predicted molar refractivity (Wildman–Crippen MR) is 105 cm³/mol. The van der Waals surface area contributed by atoms with Gasteiger partial charge in [-0.15, -0.1) is 0 Å². The zero-order valence-corrected chi connectivity index (χ0v) is 15.2. The van der Waals surface area contributed by atoms with Crippen LogP contribution in [0.4, 0.5) is 0 Å². The van der Waals surface area contributed by atoms with Crippen molar-refractivity contribution in [3.05, 3.63) is 77.9 Å². The van der Waals surface area contributed by atoms with Crippen molar-refractivity contribution in [3.8, 4) is 28.0 Å². The van der Waals surface area contributed by atoms with Crippen molar-refractivity contribution in [1.82, 2.24) is 0 Å². The van der Waals surface area contributed by atoms with Crippen molar-refractivity contribution < 1.29 is 4.74 Å². The van der Waals surface area contributed by atoms with Gasteiger partial charge in [-0.25, -0.2) is 0 Å². The molecule has 0 heterocycles. The lowest BCUT2D eigenvalue weighted by molar-refractivity contribution is 0.416. The molecule has 3 aromatic rings. The van der Waals surface area contributed by atoms with Gasteiger partial charge in [0.2, 0.25) is 0 Å². The molecule has 0 aliphatic heterocycles. The molecule has 0 atom stereocenters. The van der Waals surface area contributed by atoms with E-state index in [0.29, 0.717) is 0 Å². The third kappa shape index (κ3) is 2.22. The van der Waals surface area contributed by atoms with E-state index >= 15 is 0 Å². The number of benzene rings is 3. The first-order valence-corrected chi connectivity index (χ1v) is 9.13. The Kier molecular flexibility index (Phi) is 3.88. The molecule has 0 aromatic heterocycles. The Labute approximate surface area is 150 Å². The predicted octanol–water partition coefficient (Wildman–Crippen LogP) is 6.45. The van der Waals surface area contributed by atoms with Gasteiger partial charge >= 0.3 is 0 Å². The normalized spacial score (nSPS) is 14.0. The SMILES string of the molecule is CCC1(CC)c2ccccc2-c2ccc(-c3ccccc3OC)cc21. The van der Waals surface area contributed by atoms with E-state index < -0.39 is 0 Å². The van der Waals surface area contributed by atoms with Crippen LogP contribution in [0.2, 0.25) is 0 Å². The fourth-order valence-electron chi connectivity index (χ4n) is 4.52. The van der Waals surface area contributed by atoms with E-state index in [2.05, 4.69) is 68.4 Å². The summed E-state index contributed by atoms with van der Waals surface area (Å²) in [5.41, 5.74) is 8.23. The van der Waals surface area contributed by atoms with Crippen LogP contribution in [0.15, 0.2) is 66.7 Å². The second-order valence-electron chi connectivity index (χ2n) is 6.80. The minimum absolute atomic E-state index is 0.115. The van der Waals surface area contributed by atoms with Crippen LogP contribution in [0.1, 0.15) is 37.8 Å². The Bertz CT molecular complexity index is 919. The summed E-state index contributed by atoms with van der Waals surface area (Å²) in [4.78, 5) is 0. The molecule has 3 aromatic carbocycles. The van der Waals surface area contributed by atoms with Crippen LogP contribution in [0.5, 0.6) is 5.75 Å². The van der Waals surface area contributed by atoms with Gasteiger partial charge in [0.1, 0.15) is 5.75 Å². The average molecular weight is 328 g/mol. The molecular formula is C24H24O. The Hall–Kier alpha value is -2.54. The number of methoxy groups -OCH3 is 1. The summed E-state index contributed by atoms with van der Waals surface area (Å²) in [5.74, 6) is 0.927. The molecule has 126 valence electrons. The lowest BCUT2D eigenvalue weighted by Crippen LogP contribution is -2.23. The average Bonchev–Trinajstić information content (AvgIpc) is 2.97. The second kappa shape index (κ2) is 6.07. The zero-order chi connectivity index (χ0) is 17.4. The highest BCUT2D eigenvalue weighted by Gasteiger charge is 2.40. The first-order chi connectivity index (χ1) is 12.2. The lowest BCUT2D eigenvalue weighted by atomic mass is 9.73. The van der Waals surface area contributed by atoms with E-state index in [-0.39, 0.29) is 5.41 Å². The third-order valence-electron chi connectivity index (χ3n) is 5.89. The van der Waals surface area contributed by atoms with Crippen molar-refractivity contribution in [2.45, 2.75) is 32.1 Å². The summed E-state index contributed by atoms with van der Waals surface area (Å²) in [6, 6.07) is 24.1. The van der Waals surface area contributed by atoms with Gasteiger partial charge in [0.05, 0.1) is 7.11 Å². The van der Waals surface area contributed by atoms with Gasteiger partial charge in [0, 0.05) is 11.0 Å². The molecule has 0 fully saturated rings. The molecule has 1 heteroatoms. The van der Waals surface area contributed by atoms with E-state index in [9.17, 15) is 0 Å². The zero-order valence-electron chi connectivity index (χ0n) is 15.2. The highest BCUT2D eigenvalue weighted by molar-refractivity contribution is 5.84. The van der Waals surface area contributed by atoms with Gasteiger partial charge in [-0.2, -0.15) is 0 Å². The van der Waals surface area contributed by atoms with E-state index in [4.69, 9.17) is 4.74 Å². The molecule has 1 aliphatic carbocycles. The topological polar surface area (TPSA) is 9.23 Å². The quantitative estimate of drug-likeness (QED) is 0.535. The molecule has 0 radical (unpaired) electrons. The van der Waals surface area contributed by atoms with Crippen molar-refractivity contribution in [3.63, 3.8) is 0 Å². The summed E-state index contributed by atoms with van der Waals surface area (Å²) in [7, 11) is 1.74. The molecule has 0 amide bonds. The standard InChI is InChI=1S/C24H24O/c1-4-24(5-2)21-12-8-6-11-19(21)20-15-14-17(16-22(20)24)18-10-7-9-13-23(18)25-3/h6-16H,4-5H2,1-3H3. The Morgan fingerprint density at radius 3 is 2.08 bits per heavy atom. The second-order valence-corrected chi connectivity index (χ2v) is 6.80. The molecule has 1 aliphatic rings. The first kappa shape index (κ1) is 16.0. The minimum atomic E-state index is 0.115. The Balaban J connectivity index is 1.96. The summed E-state index contributed by atoms with van der Waals surface area (Å²) < 4.78 is 5.59. The molecule has 0 unspecified atom stereocenters. The molecule has 0 spiro atoms. The van der Waals surface area contributed by atoms with Crippen molar-refractivity contribution in [1.29, 1.82) is 0 Å².